The zero-order valence-electron chi connectivity index (χ0n) is 10.4. The molecule has 0 amide bonds. The average molecular weight is 222 g/mol. The van der Waals surface area contributed by atoms with Gasteiger partial charge in [-0.25, -0.2) is 0 Å². The van der Waals surface area contributed by atoms with Crippen molar-refractivity contribution >= 4 is 0 Å². The van der Waals surface area contributed by atoms with E-state index in [1.807, 2.05) is 12.3 Å². The van der Waals surface area contributed by atoms with Gasteiger partial charge >= 0.3 is 0 Å². The van der Waals surface area contributed by atoms with E-state index in [1.54, 1.807) is 6.20 Å². The first-order valence-electron chi connectivity index (χ1n) is 5.92. The molecule has 2 unspecified atom stereocenters. The molecule has 3 nitrogen and oxygen atoms in total. The zero-order valence-corrected chi connectivity index (χ0v) is 10.4. The van der Waals surface area contributed by atoms with Crippen LogP contribution in [0.5, 0.6) is 0 Å². The van der Waals surface area contributed by atoms with E-state index in [2.05, 4.69) is 37.1 Å². The van der Waals surface area contributed by atoms with E-state index in [4.69, 9.17) is 5.11 Å². The van der Waals surface area contributed by atoms with Crippen molar-refractivity contribution < 1.29 is 5.11 Å². The molecule has 90 valence electrons. The molecule has 0 aliphatic heterocycles. The molecule has 0 bridgehead atoms. The van der Waals surface area contributed by atoms with Gasteiger partial charge in [-0.05, 0) is 30.9 Å². The van der Waals surface area contributed by atoms with E-state index in [0.717, 1.165) is 6.42 Å². The van der Waals surface area contributed by atoms with Crippen molar-refractivity contribution in [3.05, 3.63) is 30.1 Å². The fourth-order valence-corrected chi connectivity index (χ4v) is 1.80. The summed E-state index contributed by atoms with van der Waals surface area (Å²) in [7, 11) is 0. The van der Waals surface area contributed by atoms with Crippen LogP contribution >= 0.6 is 0 Å². The summed E-state index contributed by atoms with van der Waals surface area (Å²) < 4.78 is 0. The van der Waals surface area contributed by atoms with E-state index in [0.29, 0.717) is 12.0 Å². The molecule has 0 saturated carbocycles. The highest BCUT2D eigenvalue weighted by molar-refractivity contribution is 5.13. The van der Waals surface area contributed by atoms with Crippen molar-refractivity contribution in [1.82, 2.24) is 10.3 Å². The Bertz CT molecular complexity index is 287. The lowest BCUT2D eigenvalue weighted by Crippen LogP contribution is -2.36. The molecule has 1 heterocycles. The topological polar surface area (TPSA) is 45.1 Å². The molecule has 1 rings (SSSR count). The van der Waals surface area contributed by atoms with Gasteiger partial charge in [-0.2, -0.15) is 0 Å². The average Bonchev–Trinajstić information content (AvgIpc) is 2.29. The van der Waals surface area contributed by atoms with Gasteiger partial charge in [0.15, 0.2) is 0 Å². The van der Waals surface area contributed by atoms with Crippen LogP contribution in [0.1, 0.15) is 38.8 Å². The minimum atomic E-state index is 0.232. The number of hydrogen-bond donors (Lipinski definition) is 2. The SMILES string of the molecule is CC(NC(CCO)C(C)C)c1cccnc1. The molecule has 1 aromatic rings. The van der Waals surface area contributed by atoms with E-state index in [9.17, 15) is 0 Å². The van der Waals surface area contributed by atoms with Crippen LogP contribution in [0.3, 0.4) is 0 Å². The van der Waals surface area contributed by atoms with Crippen LogP contribution in [0.15, 0.2) is 24.5 Å². The Kier molecular flexibility index (Phi) is 5.43. The number of aromatic nitrogens is 1. The smallest absolute Gasteiger partial charge is 0.0445 e. The second-order valence-corrected chi connectivity index (χ2v) is 4.54. The molecule has 1 aromatic heterocycles. The maximum Gasteiger partial charge on any atom is 0.0445 e. The summed E-state index contributed by atoms with van der Waals surface area (Å²) in [5, 5.41) is 12.6. The van der Waals surface area contributed by atoms with Gasteiger partial charge in [0, 0.05) is 31.1 Å². The Morgan fingerprint density at radius 2 is 2.12 bits per heavy atom. The summed E-state index contributed by atoms with van der Waals surface area (Å²) in [6.45, 7) is 6.70. The third kappa shape index (κ3) is 3.91. The number of aliphatic hydroxyl groups excluding tert-OH is 1. The van der Waals surface area contributed by atoms with Crippen molar-refractivity contribution in [2.24, 2.45) is 5.92 Å². The molecule has 0 aliphatic carbocycles. The molecule has 3 heteroatoms. The Hall–Kier alpha value is -0.930. The van der Waals surface area contributed by atoms with Crippen LogP contribution in [-0.4, -0.2) is 22.7 Å². The van der Waals surface area contributed by atoms with Crippen LogP contribution in [-0.2, 0) is 0 Å². The molecule has 0 aliphatic rings. The Morgan fingerprint density at radius 1 is 1.38 bits per heavy atom. The largest absolute Gasteiger partial charge is 0.396 e. The monoisotopic (exact) mass is 222 g/mol. The molecule has 2 atom stereocenters. The van der Waals surface area contributed by atoms with Gasteiger partial charge in [0.05, 0.1) is 0 Å². The number of nitrogens with zero attached hydrogens (tertiary/aromatic N) is 1. The highest BCUT2D eigenvalue weighted by atomic mass is 16.3. The van der Waals surface area contributed by atoms with Gasteiger partial charge < -0.3 is 10.4 Å². The fourth-order valence-electron chi connectivity index (χ4n) is 1.80. The molecule has 0 spiro atoms. The van der Waals surface area contributed by atoms with Crippen molar-refractivity contribution in [3.63, 3.8) is 0 Å². The van der Waals surface area contributed by atoms with Crippen molar-refractivity contribution in [1.29, 1.82) is 0 Å². The van der Waals surface area contributed by atoms with Crippen LogP contribution in [0.2, 0.25) is 0 Å². The van der Waals surface area contributed by atoms with Crippen LogP contribution < -0.4 is 5.32 Å². The lowest BCUT2D eigenvalue weighted by atomic mass is 9.99. The maximum absolute atomic E-state index is 9.02. The number of rotatable bonds is 6. The lowest BCUT2D eigenvalue weighted by molar-refractivity contribution is 0.237. The molecule has 2 N–H and O–H groups in total. The molecule has 0 radical (unpaired) electrons. The van der Waals surface area contributed by atoms with Gasteiger partial charge in [0.2, 0.25) is 0 Å². The van der Waals surface area contributed by atoms with E-state index in [1.165, 1.54) is 5.56 Å². The first-order valence-corrected chi connectivity index (χ1v) is 5.92. The molecule has 16 heavy (non-hydrogen) atoms. The molecule has 0 aromatic carbocycles. The van der Waals surface area contributed by atoms with Gasteiger partial charge in [0.1, 0.15) is 0 Å². The maximum atomic E-state index is 9.02. The van der Waals surface area contributed by atoms with E-state index in [-0.39, 0.29) is 12.6 Å². The minimum absolute atomic E-state index is 0.232. The summed E-state index contributed by atoms with van der Waals surface area (Å²) >= 11 is 0. The Balaban J connectivity index is 2.58. The second kappa shape index (κ2) is 6.61. The lowest BCUT2D eigenvalue weighted by Gasteiger charge is -2.26. The standard InChI is InChI=1S/C13H22N2O/c1-10(2)13(6-8-16)15-11(3)12-5-4-7-14-9-12/h4-5,7,9-11,13,15-16H,6,8H2,1-3H3. The molecule has 0 fully saturated rings. The first kappa shape index (κ1) is 13.1. The quantitative estimate of drug-likeness (QED) is 0.775. The van der Waals surface area contributed by atoms with Gasteiger partial charge in [-0.1, -0.05) is 19.9 Å². The summed E-state index contributed by atoms with van der Waals surface area (Å²) in [6, 6.07) is 4.64. The molecular weight excluding hydrogens is 200 g/mol. The normalized spacial score (nSPS) is 15.1. The summed E-state index contributed by atoms with van der Waals surface area (Å²) in [4.78, 5) is 4.11. The second-order valence-electron chi connectivity index (χ2n) is 4.54. The number of hydrogen-bond acceptors (Lipinski definition) is 3. The van der Waals surface area contributed by atoms with Crippen molar-refractivity contribution in [2.75, 3.05) is 6.61 Å². The van der Waals surface area contributed by atoms with Crippen molar-refractivity contribution in [2.45, 2.75) is 39.3 Å². The molecular formula is C13H22N2O. The van der Waals surface area contributed by atoms with Crippen molar-refractivity contribution in [3.8, 4) is 0 Å². The van der Waals surface area contributed by atoms with Crippen LogP contribution in [0.4, 0.5) is 0 Å². The number of nitrogens with one attached hydrogen (secondary N) is 1. The number of aliphatic hydroxyl groups is 1. The number of pyridine rings is 1. The van der Waals surface area contributed by atoms with Gasteiger partial charge in [0.25, 0.3) is 0 Å². The van der Waals surface area contributed by atoms with Crippen LogP contribution in [0.25, 0.3) is 0 Å². The summed E-state index contributed by atoms with van der Waals surface area (Å²) in [6.07, 6.45) is 4.46. The van der Waals surface area contributed by atoms with Gasteiger partial charge in [-0.3, -0.25) is 4.98 Å². The third-order valence-electron chi connectivity index (χ3n) is 2.89. The first-order chi connectivity index (χ1) is 7.65. The van der Waals surface area contributed by atoms with Crippen LogP contribution in [0, 0.1) is 5.92 Å². The zero-order chi connectivity index (χ0) is 12.0. The highest BCUT2D eigenvalue weighted by Gasteiger charge is 2.16. The van der Waals surface area contributed by atoms with E-state index >= 15 is 0 Å². The fraction of sp³-hybridized carbons (Fsp3) is 0.615. The molecule has 0 saturated heterocycles. The Morgan fingerprint density at radius 3 is 2.62 bits per heavy atom. The van der Waals surface area contributed by atoms with Gasteiger partial charge in [-0.15, -0.1) is 0 Å². The predicted octanol–water partition coefficient (Wildman–Crippen LogP) is 2.14. The Labute approximate surface area is 97.9 Å². The predicted molar refractivity (Wildman–Crippen MR) is 66.1 cm³/mol. The van der Waals surface area contributed by atoms with E-state index < -0.39 is 0 Å². The summed E-state index contributed by atoms with van der Waals surface area (Å²) in [5.74, 6) is 0.520. The highest BCUT2D eigenvalue weighted by Crippen LogP contribution is 2.15. The summed E-state index contributed by atoms with van der Waals surface area (Å²) in [5.41, 5.74) is 1.19. The third-order valence-corrected chi connectivity index (χ3v) is 2.89. The minimum Gasteiger partial charge on any atom is -0.396 e.